The quantitative estimate of drug-likeness (QED) is 0.782. The summed E-state index contributed by atoms with van der Waals surface area (Å²) in [5.41, 5.74) is 6.23. The third-order valence-electron chi connectivity index (χ3n) is 4.91. The summed E-state index contributed by atoms with van der Waals surface area (Å²) in [6.45, 7) is 3.54. The molecule has 0 bridgehead atoms. The Morgan fingerprint density at radius 2 is 2.06 bits per heavy atom. The van der Waals surface area contributed by atoms with Crippen molar-refractivity contribution in [3.8, 4) is 0 Å². The molecule has 2 aliphatic rings. The van der Waals surface area contributed by atoms with Crippen molar-refractivity contribution in [2.45, 2.75) is 63.1 Å². The van der Waals surface area contributed by atoms with Gasteiger partial charge in [-0.05, 0) is 45.7 Å². The van der Waals surface area contributed by atoms with Crippen LogP contribution in [0.4, 0.5) is 0 Å². The van der Waals surface area contributed by atoms with Gasteiger partial charge in [0.15, 0.2) is 0 Å². The number of nitrogens with one attached hydrogen (secondary N) is 1. The smallest absolute Gasteiger partial charge is 0.0330 e. The lowest BCUT2D eigenvalue weighted by atomic mass is 9.75. The third-order valence-corrected chi connectivity index (χ3v) is 4.91. The van der Waals surface area contributed by atoms with E-state index in [4.69, 9.17) is 5.73 Å². The van der Waals surface area contributed by atoms with Crippen LogP contribution in [0.25, 0.3) is 0 Å². The molecule has 0 heterocycles. The van der Waals surface area contributed by atoms with Gasteiger partial charge in [0, 0.05) is 24.2 Å². The Bertz CT molecular complexity index is 248. The fourth-order valence-electron chi connectivity index (χ4n) is 3.52. The highest BCUT2D eigenvalue weighted by atomic mass is 15.2. The maximum absolute atomic E-state index is 5.84. The van der Waals surface area contributed by atoms with E-state index in [1.807, 2.05) is 0 Å². The van der Waals surface area contributed by atoms with Crippen LogP contribution in [0, 0.1) is 5.92 Å². The van der Waals surface area contributed by atoms with Gasteiger partial charge in [0.25, 0.3) is 0 Å². The minimum Gasteiger partial charge on any atom is -0.328 e. The van der Waals surface area contributed by atoms with E-state index in [0.29, 0.717) is 17.6 Å². The summed E-state index contributed by atoms with van der Waals surface area (Å²) in [5.74, 6) is 0.872. The van der Waals surface area contributed by atoms with Crippen molar-refractivity contribution >= 4 is 0 Å². The molecule has 2 rings (SSSR count). The standard InChI is InChI=1S/C14H29N3/c1-11-5-4-6-14(9-11,17(2)3)10-16-13-7-12(15)8-13/h11-13,16H,4-10,15H2,1-3H3. The second-order valence-corrected chi connectivity index (χ2v) is 6.63. The maximum atomic E-state index is 5.84. The van der Waals surface area contributed by atoms with E-state index in [9.17, 15) is 0 Å². The zero-order valence-corrected chi connectivity index (χ0v) is 11.7. The average molecular weight is 239 g/mol. The van der Waals surface area contributed by atoms with Crippen LogP contribution in [-0.4, -0.2) is 43.2 Å². The topological polar surface area (TPSA) is 41.3 Å². The Morgan fingerprint density at radius 3 is 2.59 bits per heavy atom. The van der Waals surface area contributed by atoms with Gasteiger partial charge < -0.3 is 16.0 Å². The van der Waals surface area contributed by atoms with Gasteiger partial charge in [0.1, 0.15) is 0 Å². The molecule has 3 N–H and O–H groups in total. The number of hydrogen-bond donors (Lipinski definition) is 2. The summed E-state index contributed by atoms with van der Waals surface area (Å²) in [6, 6.07) is 1.13. The van der Waals surface area contributed by atoms with Crippen LogP contribution in [0.2, 0.25) is 0 Å². The van der Waals surface area contributed by atoms with E-state index in [0.717, 1.165) is 12.5 Å². The van der Waals surface area contributed by atoms with E-state index in [1.54, 1.807) is 0 Å². The molecule has 17 heavy (non-hydrogen) atoms. The Labute approximate surface area is 106 Å². The van der Waals surface area contributed by atoms with E-state index < -0.39 is 0 Å². The summed E-state index contributed by atoms with van der Waals surface area (Å²) >= 11 is 0. The second kappa shape index (κ2) is 5.25. The van der Waals surface area contributed by atoms with Crippen molar-refractivity contribution in [1.29, 1.82) is 0 Å². The van der Waals surface area contributed by atoms with Crippen LogP contribution in [0.5, 0.6) is 0 Å². The Balaban J connectivity index is 1.87. The number of nitrogens with zero attached hydrogens (tertiary/aromatic N) is 1. The Hall–Kier alpha value is -0.120. The molecule has 100 valence electrons. The van der Waals surface area contributed by atoms with E-state index in [1.165, 1.54) is 38.5 Å². The zero-order chi connectivity index (χ0) is 12.5. The minimum atomic E-state index is 0.386. The van der Waals surface area contributed by atoms with Gasteiger partial charge in [-0.15, -0.1) is 0 Å². The summed E-state index contributed by atoms with van der Waals surface area (Å²) in [4.78, 5) is 2.45. The second-order valence-electron chi connectivity index (χ2n) is 6.63. The van der Waals surface area contributed by atoms with Gasteiger partial charge in [0.2, 0.25) is 0 Å². The molecular weight excluding hydrogens is 210 g/mol. The SMILES string of the molecule is CC1CCCC(CNC2CC(N)C2)(N(C)C)C1. The monoisotopic (exact) mass is 239 g/mol. The van der Waals surface area contributed by atoms with Crippen LogP contribution in [0.1, 0.15) is 45.4 Å². The highest BCUT2D eigenvalue weighted by Gasteiger charge is 2.38. The highest BCUT2D eigenvalue weighted by Crippen LogP contribution is 2.35. The molecule has 3 heteroatoms. The molecule has 0 aromatic carbocycles. The zero-order valence-electron chi connectivity index (χ0n) is 11.7. The largest absolute Gasteiger partial charge is 0.328 e. The molecular formula is C14H29N3. The van der Waals surface area contributed by atoms with E-state index in [2.05, 4.69) is 31.2 Å². The lowest BCUT2D eigenvalue weighted by Gasteiger charge is -2.47. The fourth-order valence-corrected chi connectivity index (χ4v) is 3.52. The van der Waals surface area contributed by atoms with Gasteiger partial charge >= 0.3 is 0 Å². The number of hydrogen-bond acceptors (Lipinski definition) is 3. The van der Waals surface area contributed by atoms with Crippen LogP contribution >= 0.6 is 0 Å². The van der Waals surface area contributed by atoms with Gasteiger partial charge in [-0.1, -0.05) is 19.8 Å². The first-order chi connectivity index (χ1) is 8.02. The molecule has 0 radical (unpaired) electrons. The molecule has 2 saturated carbocycles. The van der Waals surface area contributed by atoms with Crippen molar-refractivity contribution in [2.24, 2.45) is 11.7 Å². The van der Waals surface area contributed by atoms with E-state index in [-0.39, 0.29) is 0 Å². The van der Waals surface area contributed by atoms with Crippen molar-refractivity contribution < 1.29 is 0 Å². The van der Waals surface area contributed by atoms with Crippen LogP contribution in [-0.2, 0) is 0 Å². The number of nitrogens with two attached hydrogens (primary N) is 1. The lowest BCUT2D eigenvalue weighted by molar-refractivity contribution is 0.0675. The normalized spacial score (nSPS) is 42.5. The molecule has 0 aliphatic heterocycles. The first kappa shape index (κ1) is 13.3. The van der Waals surface area contributed by atoms with Crippen molar-refractivity contribution in [3.63, 3.8) is 0 Å². The van der Waals surface area contributed by atoms with E-state index >= 15 is 0 Å². The maximum Gasteiger partial charge on any atom is 0.0330 e. The van der Waals surface area contributed by atoms with Gasteiger partial charge in [-0.2, -0.15) is 0 Å². The van der Waals surface area contributed by atoms with Gasteiger partial charge in [-0.3, -0.25) is 0 Å². The molecule has 2 atom stereocenters. The predicted octanol–water partition coefficient (Wildman–Crippen LogP) is 1.58. The predicted molar refractivity (Wildman–Crippen MR) is 73.1 cm³/mol. The minimum absolute atomic E-state index is 0.386. The summed E-state index contributed by atoms with van der Waals surface area (Å²) in [7, 11) is 4.48. The molecule has 2 fully saturated rings. The molecule has 0 aromatic rings. The average Bonchev–Trinajstić information content (AvgIpc) is 2.22. The van der Waals surface area contributed by atoms with Gasteiger partial charge in [-0.25, -0.2) is 0 Å². The lowest BCUT2D eigenvalue weighted by Crippen LogP contribution is -2.58. The summed E-state index contributed by atoms with van der Waals surface area (Å²) < 4.78 is 0. The first-order valence-corrected chi connectivity index (χ1v) is 7.18. The molecule has 0 aromatic heterocycles. The Morgan fingerprint density at radius 1 is 1.35 bits per heavy atom. The number of likely N-dealkylation sites (N-methyl/N-ethyl adjacent to an activating group) is 1. The van der Waals surface area contributed by atoms with Crippen molar-refractivity contribution in [1.82, 2.24) is 10.2 Å². The molecule has 0 saturated heterocycles. The first-order valence-electron chi connectivity index (χ1n) is 7.18. The summed E-state index contributed by atoms with van der Waals surface area (Å²) in [5, 5.41) is 3.74. The molecule has 0 amide bonds. The fraction of sp³-hybridized carbons (Fsp3) is 1.00. The van der Waals surface area contributed by atoms with Crippen LogP contribution < -0.4 is 11.1 Å². The molecule has 2 aliphatic carbocycles. The van der Waals surface area contributed by atoms with Crippen LogP contribution in [0.15, 0.2) is 0 Å². The molecule has 3 nitrogen and oxygen atoms in total. The molecule has 0 spiro atoms. The molecule has 2 unspecified atom stereocenters. The highest BCUT2D eigenvalue weighted by molar-refractivity contribution is 4.97. The van der Waals surface area contributed by atoms with Crippen molar-refractivity contribution in [3.05, 3.63) is 0 Å². The number of rotatable bonds is 4. The third kappa shape index (κ3) is 3.01. The Kier molecular flexibility index (Phi) is 4.11. The van der Waals surface area contributed by atoms with Crippen LogP contribution in [0.3, 0.4) is 0 Å². The summed E-state index contributed by atoms with van der Waals surface area (Å²) in [6.07, 6.45) is 7.80. The van der Waals surface area contributed by atoms with Crippen molar-refractivity contribution in [2.75, 3.05) is 20.6 Å². The van der Waals surface area contributed by atoms with Gasteiger partial charge in [0.05, 0.1) is 0 Å².